The van der Waals surface area contributed by atoms with Crippen LogP contribution in [0.25, 0.3) is 11.5 Å². The number of hydrogen-bond donors (Lipinski definition) is 2. The molecular formula is C37H33Cl4N11O10S2. The number of likely N-dealkylation sites (tertiary alicyclic amines) is 1. The molecule has 0 spiro atoms. The first kappa shape index (κ1) is 47.5. The van der Waals surface area contributed by atoms with E-state index in [9.17, 15) is 32.2 Å². The number of hydrogen-bond acceptors (Lipinski definition) is 18. The fourth-order valence-corrected chi connectivity index (χ4v) is 9.22. The SMILES string of the molecule is N#Cc1cc(C(=O)N2CCC(Oc3ccnc(NS(=O)(=O)CCS(=O)(=O)Nc4nccc(COc5nnc(-c6cc(Cl)c(OCCCl)c(C#N)c6)o5)n4)n3)CC2)cc(Cl)c1OCCCl. The van der Waals surface area contributed by atoms with Crippen LogP contribution < -0.4 is 28.4 Å². The molecule has 27 heteroatoms. The molecule has 64 heavy (non-hydrogen) atoms. The molecule has 0 saturated carbocycles. The maximum Gasteiger partial charge on any atom is 0.415 e. The monoisotopic (exact) mass is 995 g/mol. The number of anilines is 2. The first-order valence-corrected chi connectivity index (χ1v) is 23.8. The van der Waals surface area contributed by atoms with Crippen molar-refractivity contribution in [2.45, 2.75) is 25.6 Å². The van der Waals surface area contributed by atoms with E-state index in [0.29, 0.717) is 31.5 Å². The van der Waals surface area contributed by atoms with Gasteiger partial charge < -0.3 is 28.3 Å². The number of benzene rings is 2. The van der Waals surface area contributed by atoms with Crippen molar-refractivity contribution < 1.29 is 45.0 Å². The second kappa shape index (κ2) is 21.6. The Morgan fingerprint density at radius 1 is 0.812 bits per heavy atom. The average Bonchev–Trinajstić information content (AvgIpc) is 3.76. The number of nitriles is 2. The molecule has 0 atom stereocenters. The van der Waals surface area contributed by atoms with Gasteiger partial charge in [0.05, 0.1) is 50.1 Å². The predicted octanol–water partition coefficient (Wildman–Crippen LogP) is 5.05. The first-order valence-electron chi connectivity index (χ1n) is 18.6. The molecule has 0 radical (unpaired) electrons. The molecule has 2 N–H and O–H groups in total. The third-order valence-corrected chi connectivity index (χ3v) is 12.3. The molecule has 5 aromatic rings. The zero-order chi connectivity index (χ0) is 45.9. The maximum atomic E-state index is 13.3. The highest BCUT2D eigenvalue weighted by molar-refractivity contribution is 7.96. The van der Waals surface area contributed by atoms with Crippen molar-refractivity contribution in [1.82, 2.24) is 35.0 Å². The number of halogens is 4. The van der Waals surface area contributed by atoms with Crippen molar-refractivity contribution in [2.24, 2.45) is 0 Å². The van der Waals surface area contributed by atoms with Crippen LogP contribution in [0.1, 0.15) is 40.0 Å². The Kier molecular flexibility index (Phi) is 16.1. The van der Waals surface area contributed by atoms with Crippen LogP contribution in [-0.2, 0) is 26.7 Å². The molecule has 336 valence electrons. The summed E-state index contributed by atoms with van der Waals surface area (Å²) in [6.07, 6.45) is 2.65. The third-order valence-electron chi connectivity index (χ3n) is 8.69. The van der Waals surface area contributed by atoms with E-state index in [1.54, 1.807) is 4.90 Å². The quantitative estimate of drug-likeness (QED) is 0.0965. The molecule has 1 aliphatic heterocycles. The minimum absolute atomic E-state index is 0.0213. The van der Waals surface area contributed by atoms with Gasteiger partial charge in [-0.1, -0.05) is 28.3 Å². The summed E-state index contributed by atoms with van der Waals surface area (Å²) in [6.45, 7) is 0.607. The number of rotatable bonds is 20. The van der Waals surface area contributed by atoms with Crippen LogP contribution in [0.15, 0.2) is 53.2 Å². The van der Waals surface area contributed by atoms with Crippen LogP contribution in [-0.4, -0.2) is 113 Å². The van der Waals surface area contributed by atoms with Gasteiger partial charge in [0, 0.05) is 55.5 Å². The van der Waals surface area contributed by atoms with E-state index in [1.165, 1.54) is 48.8 Å². The van der Waals surface area contributed by atoms with Gasteiger partial charge in [-0.25, -0.2) is 31.8 Å². The average molecular weight is 998 g/mol. The van der Waals surface area contributed by atoms with E-state index < -0.39 is 31.6 Å². The van der Waals surface area contributed by atoms with Crippen molar-refractivity contribution in [1.29, 1.82) is 10.5 Å². The highest BCUT2D eigenvalue weighted by Crippen LogP contribution is 2.35. The van der Waals surface area contributed by atoms with Gasteiger partial charge in [0.2, 0.25) is 37.8 Å². The molecule has 3 aromatic heterocycles. The van der Waals surface area contributed by atoms with Gasteiger partial charge >= 0.3 is 6.08 Å². The van der Waals surface area contributed by atoms with Gasteiger partial charge in [-0.05, 0) is 30.3 Å². The Bertz CT molecular complexity index is 2800. The number of sulfonamides is 2. The molecule has 0 aliphatic carbocycles. The van der Waals surface area contributed by atoms with Crippen molar-refractivity contribution in [3.8, 4) is 47.0 Å². The largest absolute Gasteiger partial charge is 0.489 e. The Balaban J connectivity index is 0.970. The van der Waals surface area contributed by atoms with Gasteiger partial charge in [-0.3, -0.25) is 14.2 Å². The second-order valence-corrected chi connectivity index (χ2v) is 18.4. The minimum Gasteiger partial charge on any atom is -0.489 e. The normalized spacial score (nSPS) is 13.1. The van der Waals surface area contributed by atoms with E-state index in [4.69, 9.17) is 69.8 Å². The summed E-state index contributed by atoms with van der Waals surface area (Å²) in [5, 5.41) is 27.0. The Labute approximate surface area is 385 Å². The number of carbonyl (C=O) groups is 1. The van der Waals surface area contributed by atoms with E-state index in [2.05, 4.69) is 39.6 Å². The van der Waals surface area contributed by atoms with Crippen LogP contribution in [0.4, 0.5) is 11.9 Å². The smallest absolute Gasteiger partial charge is 0.415 e. The first-order chi connectivity index (χ1) is 30.7. The van der Waals surface area contributed by atoms with E-state index in [1.807, 2.05) is 12.1 Å². The fourth-order valence-electron chi connectivity index (χ4n) is 5.81. The third kappa shape index (κ3) is 12.8. The molecular weight excluding hydrogens is 964 g/mol. The summed E-state index contributed by atoms with van der Waals surface area (Å²) >= 11 is 23.9. The lowest BCUT2D eigenvalue weighted by Gasteiger charge is -2.32. The summed E-state index contributed by atoms with van der Waals surface area (Å²) < 4.78 is 83.8. The van der Waals surface area contributed by atoms with E-state index >= 15 is 0 Å². The van der Waals surface area contributed by atoms with Crippen LogP contribution in [0.2, 0.25) is 10.0 Å². The summed E-state index contributed by atoms with van der Waals surface area (Å²) in [6, 6.07) is 12.6. The van der Waals surface area contributed by atoms with Gasteiger partial charge in [0.15, 0.2) is 11.5 Å². The standard InChI is InChI=1S/C37H33Cl4N11O10S2/c38-5-11-58-31-24(19-42)15-22(17-28(31)40)33-48-49-37(62-33)60-21-26-1-7-44-35(46-26)50-63(54,55)13-14-64(56,57)51-36-45-8-2-30(47-36)61-27-3-9-52(10-4-27)34(53)23-16-25(20-43)32(29(41)18-23)59-12-6-39/h1-2,7-8,15-18,27H,3-6,9-14,21H2,(H,44,46,50)(H,45,47,51). The number of carbonyl (C=O) groups excluding carboxylic acids is 1. The number of aromatic nitrogens is 6. The Morgan fingerprint density at radius 2 is 1.41 bits per heavy atom. The summed E-state index contributed by atoms with van der Waals surface area (Å²) in [7, 11) is -8.61. The molecule has 0 unspecified atom stereocenters. The molecule has 1 amide bonds. The van der Waals surface area contributed by atoms with E-state index in [0.717, 1.165) is 0 Å². The number of nitrogens with zero attached hydrogens (tertiary/aromatic N) is 9. The molecule has 1 fully saturated rings. The fraction of sp³-hybridized carbons (Fsp3) is 0.324. The lowest BCUT2D eigenvalue weighted by atomic mass is 10.0. The molecule has 1 aliphatic rings. The van der Waals surface area contributed by atoms with Crippen molar-refractivity contribution >= 4 is 84.3 Å². The summed E-state index contributed by atoms with van der Waals surface area (Å²) in [5.41, 5.74) is 0.935. The Morgan fingerprint density at radius 3 is 2.03 bits per heavy atom. The van der Waals surface area contributed by atoms with Gasteiger partial charge in [0.25, 0.3) is 11.8 Å². The van der Waals surface area contributed by atoms with Crippen LogP contribution in [0, 0.1) is 22.7 Å². The molecule has 4 heterocycles. The lowest BCUT2D eigenvalue weighted by molar-refractivity contribution is 0.0588. The molecule has 6 rings (SSSR count). The lowest BCUT2D eigenvalue weighted by Crippen LogP contribution is -2.41. The molecule has 0 bridgehead atoms. The highest BCUT2D eigenvalue weighted by Gasteiger charge is 2.27. The van der Waals surface area contributed by atoms with Crippen molar-refractivity contribution in [3.05, 3.63) is 81.2 Å². The van der Waals surface area contributed by atoms with E-state index in [-0.39, 0.29) is 117 Å². The number of nitrogens with one attached hydrogen (secondary N) is 2. The number of amides is 1. The molecule has 21 nitrogen and oxygen atoms in total. The topological polar surface area (TPSA) is 288 Å². The summed E-state index contributed by atoms with van der Waals surface area (Å²) in [5.74, 6) is -2.13. The van der Waals surface area contributed by atoms with Gasteiger partial charge in [-0.2, -0.15) is 15.5 Å². The number of ether oxygens (including phenoxy) is 4. The second-order valence-electron chi connectivity index (χ2n) is 13.2. The zero-order valence-electron chi connectivity index (χ0n) is 32.9. The van der Waals surface area contributed by atoms with Gasteiger partial charge in [-0.15, -0.1) is 28.3 Å². The van der Waals surface area contributed by atoms with Crippen LogP contribution in [0.3, 0.4) is 0 Å². The van der Waals surface area contributed by atoms with Crippen LogP contribution >= 0.6 is 46.4 Å². The van der Waals surface area contributed by atoms with Gasteiger partial charge in [0.1, 0.15) is 38.1 Å². The van der Waals surface area contributed by atoms with Crippen LogP contribution in [0.5, 0.6) is 23.5 Å². The highest BCUT2D eigenvalue weighted by atomic mass is 35.5. The zero-order valence-corrected chi connectivity index (χ0v) is 37.6. The predicted molar refractivity (Wildman–Crippen MR) is 231 cm³/mol. The number of alkyl halides is 2. The molecule has 2 aromatic carbocycles. The Hall–Kier alpha value is -5.95. The molecule has 1 saturated heterocycles. The maximum absolute atomic E-state index is 13.3. The van der Waals surface area contributed by atoms with Crippen molar-refractivity contribution in [2.75, 3.05) is 59.0 Å². The minimum atomic E-state index is -4.31. The van der Waals surface area contributed by atoms with Crippen molar-refractivity contribution in [3.63, 3.8) is 0 Å². The number of piperidine rings is 1. The summed E-state index contributed by atoms with van der Waals surface area (Å²) in [4.78, 5) is 30.8.